The Morgan fingerprint density at radius 3 is 2.41 bits per heavy atom. The summed E-state index contributed by atoms with van der Waals surface area (Å²) in [6.45, 7) is 2.50. The number of para-hydroxylation sites is 1. The number of hydrogen-bond donors (Lipinski definition) is 1. The number of halogens is 1. The number of nitrogens with zero attached hydrogens (tertiary/aromatic N) is 1. The summed E-state index contributed by atoms with van der Waals surface area (Å²) >= 11 is 7.17. The fourth-order valence-corrected chi connectivity index (χ4v) is 5.76. The number of benzene rings is 2. The molecule has 10 nitrogen and oxygen atoms in total. The smallest absolute Gasteiger partial charge is 0.355 e. The van der Waals surface area contributed by atoms with Gasteiger partial charge in [-0.3, -0.25) is 24.1 Å². The number of β-lactam (4-membered cyclic amide) rings is 1. The van der Waals surface area contributed by atoms with E-state index in [4.69, 9.17) is 25.8 Å². The maximum atomic E-state index is 13.3. The van der Waals surface area contributed by atoms with Crippen molar-refractivity contribution in [2.45, 2.75) is 50.6 Å². The van der Waals surface area contributed by atoms with Crippen LogP contribution in [0.25, 0.3) is 0 Å². The quantitative estimate of drug-likeness (QED) is 0.179. The molecule has 2 aliphatic rings. The summed E-state index contributed by atoms with van der Waals surface area (Å²) in [6.07, 6.45) is 0.253. The van der Waals surface area contributed by atoms with Crippen molar-refractivity contribution in [3.8, 4) is 5.75 Å². The molecular formula is C29H29ClN2O8S. The van der Waals surface area contributed by atoms with E-state index < -0.39 is 35.2 Å². The largest absolute Gasteiger partial charge is 0.461 e. The molecule has 0 aliphatic carbocycles. The topological polar surface area (TPSA) is 128 Å². The van der Waals surface area contributed by atoms with E-state index in [-0.39, 0.29) is 49.2 Å². The Morgan fingerprint density at radius 2 is 1.73 bits per heavy atom. The van der Waals surface area contributed by atoms with E-state index in [0.717, 1.165) is 11.1 Å². The second-order valence-corrected chi connectivity index (χ2v) is 10.7. The highest BCUT2D eigenvalue weighted by Crippen LogP contribution is 2.41. The zero-order valence-corrected chi connectivity index (χ0v) is 24.1. The number of fused-ring (bicyclic) bond motifs is 1. The summed E-state index contributed by atoms with van der Waals surface area (Å²) in [4.78, 5) is 63.8. The number of hydrogen-bond acceptors (Lipinski definition) is 9. The van der Waals surface area contributed by atoms with Crippen molar-refractivity contribution in [2.75, 3.05) is 12.4 Å². The fourth-order valence-electron chi connectivity index (χ4n) is 4.26. The Bertz CT molecular complexity index is 1380. The molecule has 0 bridgehead atoms. The minimum absolute atomic E-state index is 0.0230. The second-order valence-electron chi connectivity index (χ2n) is 9.33. The lowest BCUT2D eigenvalue weighted by molar-refractivity contribution is -0.153. The highest BCUT2D eigenvalue weighted by Gasteiger charge is 2.54. The molecule has 41 heavy (non-hydrogen) atoms. The summed E-state index contributed by atoms with van der Waals surface area (Å²) in [5.74, 6) is -1.67. The molecule has 2 aromatic rings. The van der Waals surface area contributed by atoms with Crippen LogP contribution in [0.2, 0.25) is 0 Å². The van der Waals surface area contributed by atoms with Gasteiger partial charge in [0.1, 0.15) is 36.1 Å². The van der Waals surface area contributed by atoms with E-state index in [1.165, 1.54) is 23.6 Å². The molecule has 2 aromatic carbocycles. The maximum Gasteiger partial charge on any atom is 0.355 e. The van der Waals surface area contributed by atoms with Gasteiger partial charge in [0.05, 0.1) is 6.42 Å². The molecule has 0 aromatic heterocycles. The molecule has 2 atom stereocenters. The van der Waals surface area contributed by atoms with Gasteiger partial charge in [0.2, 0.25) is 5.91 Å². The number of amides is 2. The van der Waals surface area contributed by atoms with Gasteiger partial charge >= 0.3 is 17.9 Å². The van der Waals surface area contributed by atoms with Crippen molar-refractivity contribution in [1.29, 1.82) is 0 Å². The number of rotatable bonds is 11. The Kier molecular flexibility index (Phi) is 10.1. The van der Waals surface area contributed by atoms with Crippen molar-refractivity contribution in [3.05, 3.63) is 76.5 Å². The lowest BCUT2D eigenvalue weighted by atomic mass is 10.0. The van der Waals surface area contributed by atoms with Crippen LogP contribution >= 0.6 is 23.4 Å². The Morgan fingerprint density at radius 1 is 1.02 bits per heavy atom. The molecule has 12 heteroatoms. The van der Waals surface area contributed by atoms with Gasteiger partial charge in [-0.05, 0) is 17.2 Å². The van der Waals surface area contributed by atoms with E-state index in [2.05, 4.69) is 5.32 Å². The first kappa shape index (κ1) is 30.1. The first-order valence-electron chi connectivity index (χ1n) is 12.9. The third kappa shape index (κ3) is 7.28. The number of ether oxygens (including phenoxy) is 3. The van der Waals surface area contributed by atoms with Crippen LogP contribution in [0, 0.1) is 0 Å². The molecule has 1 fully saturated rings. The van der Waals surface area contributed by atoms with Crippen LogP contribution in [0.15, 0.2) is 59.8 Å². The molecule has 2 unspecified atom stereocenters. The van der Waals surface area contributed by atoms with Gasteiger partial charge in [0.15, 0.2) is 0 Å². The third-order valence-corrected chi connectivity index (χ3v) is 8.04. The molecule has 1 saturated heterocycles. The predicted molar refractivity (Wildman–Crippen MR) is 151 cm³/mol. The average Bonchev–Trinajstić information content (AvgIpc) is 2.97. The predicted octanol–water partition coefficient (Wildman–Crippen LogP) is 3.24. The third-order valence-electron chi connectivity index (χ3n) is 6.39. The Balaban J connectivity index is 1.47. The number of nitrogens with one attached hydrogen (secondary N) is 1. The Hall–Kier alpha value is -3.83. The number of alkyl halides is 1. The van der Waals surface area contributed by atoms with Gasteiger partial charge < -0.3 is 19.5 Å². The van der Waals surface area contributed by atoms with Gasteiger partial charge in [-0.15, -0.1) is 23.4 Å². The molecule has 0 radical (unpaired) electrons. The minimum Gasteiger partial charge on any atom is -0.461 e. The van der Waals surface area contributed by atoms with Crippen LogP contribution in [0.5, 0.6) is 5.75 Å². The van der Waals surface area contributed by atoms with E-state index in [9.17, 15) is 24.0 Å². The number of carbonyl (C=O) groups is 5. The Labute approximate surface area is 246 Å². The van der Waals surface area contributed by atoms with Crippen molar-refractivity contribution in [1.82, 2.24) is 10.2 Å². The summed E-state index contributed by atoms with van der Waals surface area (Å²) in [5.41, 5.74) is 2.56. The molecule has 1 N–H and O–H groups in total. The molecule has 216 valence electrons. The van der Waals surface area contributed by atoms with Gasteiger partial charge in [-0.25, -0.2) is 4.79 Å². The molecule has 4 rings (SSSR count). The van der Waals surface area contributed by atoms with Crippen LogP contribution in [-0.2, 0) is 52.4 Å². The molecule has 2 heterocycles. The summed E-state index contributed by atoms with van der Waals surface area (Å²) < 4.78 is 16.0. The lowest BCUT2D eigenvalue weighted by Crippen LogP contribution is -2.70. The van der Waals surface area contributed by atoms with Crippen LogP contribution < -0.4 is 10.1 Å². The highest BCUT2D eigenvalue weighted by atomic mass is 35.5. The molecular weight excluding hydrogens is 572 g/mol. The zero-order chi connectivity index (χ0) is 29.5. The van der Waals surface area contributed by atoms with Crippen LogP contribution in [0.4, 0.5) is 0 Å². The van der Waals surface area contributed by atoms with Crippen LogP contribution in [0.1, 0.15) is 37.0 Å². The first-order chi connectivity index (χ1) is 19.7. The van der Waals surface area contributed by atoms with E-state index in [0.29, 0.717) is 17.0 Å². The fraction of sp³-hybridized carbons (Fsp3) is 0.345. The normalized spacial score (nSPS) is 17.7. The molecule has 0 saturated carbocycles. The average molecular weight is 601 g/mol. The minimum atomic E-state index is -0.832. The molecule has 2 amide bonds. The second kappa shape index (κ2) is 13.7. The standard InChI is InChI=1S/C29H29ClN2O8S/c1-3-24(35)40-22-7-5-4-6-20(22)14-39-29(37)26-21(15-38-17(2)33)16-41-28-25(27(36)32(26)28)31-23(34)12-18-8-10-19(13-30)11-9-18/h4-11,25,28H,3,12-16H2,1-2H3,(H,31,34). The summed E-state index contributed by atoms with van der Waals surface area (Å²) in [7, 11) is 0. The monoisotopic (exact) mass is 600 g/mol. The SMILES string of the molecule is CCC(=O)Oc1ccccc1COC(=O)C1=C(COC(C)=O)CSC2C(NC(=O)Cc3ccc(CCl)cc3)C(=O)N12. The van der Waals surface area contributed by atoms with E-state index in [1.807, 2.05) is 12.1 Å². The van der Waals surface area contributed by atoms with Gasteiger partial charge in [-0.1, -0.05) is 49.4 Å². The number of carbonyl (C=O) groups excluding carboxylic acids is 5. The molecule has 0 spiro atoms. The van der Waals surface area contributed by atoms with Crippen molar-refractivity contribution < 1.29 is 38.2 Å². The van der Waals surface area contributed by atoms with Crippen LogP contribution in [0.3, 0.4) is 0 Å². The van der Waals surface area contributed by atoms with Gasteiger partial charge in [0, 0.05) is 36.1 Å². The van der Waals surface area contributed by atoms with Crippen molar-refractivity contribution in [3.63, 3.8) is 0 Å². The molecule has 2 aliphatic heterocycles. The van der Waals surface area contributed by atoms with E-state index >= 15 is 0 Å². The van der Waals surface area contributed by atoms with E-state index in [1.54, 1.807) is 43.3 Å². The summed E-state index contributed by atoms with van der Waals surface area (Å²) in [6, 6.07) is 13.1. The number of thioether (sulfide) groups is 1. The highest BCUT2D eigenvalue weighted by molar-refractivity contribution is 8.00. The van der Waals surface area contributed by atoms with Crippen LogP contribution in [-0.4, -0.2) is 58.4 Å². The van der Waals surface area contributed by atoms with Crippen molar-refractivity contribution >= 4 is 53.1 Å². The summed E-state index contributed by atoms with van der Waals surface area (Å²) in [5, 5.41) is 2.23. The van der Waals surface area contributed by atoms with Crippen molar-refractivity contribution in [2.24, 2.45) is 0 Å². The van der Waals surface area contributed by atoms with Gasteiger partial charge in [0.25, 0.3) is 5.91 Å². The first-order valence-corrected chi connectivity index (χ1v) is 14.5. The number of esters is 3. The van der Waals surface area contributed by atoms with Gasteiger partial charge in [-0.2, -0.15) is 0 Å². The lowest BCUT2D eigenvalue weighted by Gasteiger charge is -2.49. The maximum absolute atomic E-state index is 13.3. The zero-order valence-electron chi connectivity index (χ0n) is 22.5.